The van der Waals surface area contributed by atoms with Crippen molar-refractivity contribution in [2.75, 3.05) is 0 Å². The Bertz CT molecular complexity index is 449. The van der Waals surface area contributed by atoms with Gasteiger partial charge in [0.15, 0.2) is 0 Å². The van der Waals surface area contributed by atoms with Crippen LogP contribution in [0.25, 0.3) is 0 Å². The molecule has 1 aliphatic rings. The molecular weight excluding hydrogens is 186 g/mol. The van der Waals surface area contributed by atoms with Crippen molar-refractivity contribution in [2.45, 2.75) is 18.9 Å². The minimum atomic E-state index is -1.00. The molecule has 2 N–H and O–H groups in total. The number of nitrogens with zero attached hydrogens (tertiary/aromatic N) is 1. The molecule has 1 aromatic heterocycles. The van der Waals surface area contributed by atoms with Crippen molar-refractivity contribution >= 4 is 5.97 Å². The van der Waals surface area contributed by atoms with E-state index in [2.05, 4.69) is 0 Å². The van der Waals surface area contributed by atoms with Crippen molar-refractivity contribution in [1.29, 1.82) is 0 Å². The fraction of sp³-hybridized carbons (Fsp3) is 0.333. The number of carboxylic acids is 1. The molecule has 2 rings (SSSR count). The van der Waals surface area contributed by atoms with Crippen LogP contribution in [-0.2, 0) is 11.2 Å². The average molecular weight is 195 g/mol. The van der Waals surface area contributed by atoms with Gasteiger partial charge in [-0.3, -0.25) is 9.36 Å². The Kier molecular flexibility index (Phi) is 1.80. The van der Waals surface area contributed by atoms with Gasteiger partial charge in [0, 0.05) is 11.8 Å². The molecule has 1 aliphatic heterocycles. The summed E-state index contributed by atoms with van der Waals surface area (Å²) in [4.78, 5) is 22.2. The van der Waals surface area contributed by atoms with Crippen LogP contribution in [0.4, 0.5) is 0 Å². The Morgan fingerprint density at radius 3 is 2.86 bits per heavy atom. The smallest absolute Gasteiger partial charge is 0.326 e. The lowest BCUT2D eigenvalue weighted by molar-refractivity contribution is -0.140. The number of fused-ring (bicyclic) bond motifs is 1. The standard InChI is InChI=1S/C9H9NO4/c11-6-3-5-1-2-7(9(13)14)10(5)8(12)4-6/h3-4,7,11H,1-2H2,(H,13,14)/t7-/m0/s1. The van der Waals surface area contributed by atoms with Crippen LogP contribution in [0, 0.1) is 0 Å². The number of carboxylic acid groups (broad SMARTS) is 1. The predicted octanol–water partition coefficient (Wildman–Crippen LogP) is 0.126. The first-order valence-electron chi connectivity index (χ1n) is 4.27. The van der Waals surface area contributed by atoms with Gasteiger partial charge in [-0.15, -0.1) is 0 Å². The van der Waals surface area contributed by atoms with Gasteiger partial charge in [0.05, 0.1) is 0 Å². The Morgan fingerprint density at radius 2 is 2.21 bits per heavy atom. The van der Waals surface area contributed by atoms with Gasteiger partial charge >= 0.3 is 5.97 Å². The van der Waals surface area contributed by atoms with E-state index in [9.17, 15) is 9.59 Å². The van der Waals surface area contributed by atoms with Crippen molar-refractivity contribution in [3.8, 4) is 5.75 Å². The minimum absolute atomic E-state index is 0.104. The highest BCUT2D eigenvalue weighted by atomic mass is 16.4. The summed E-state index contributed by atoms with van der Waals surface area (Å²) in [5.74, 6) is -1.11. The predicted molar refractivity (Wildman–Crippen MR) is 47.4 cm³/mol. The summed E-state index contributed by atoms with van der Waals surface area (Å²) in [5, 5.41) is 18.0. The SMILES string of the molecule is O=C(O)[C@@H]1CCc2cc(O)cc(=O)n21. The van der Waals surface area contributed by atoms with Crippen LogP contribution >= 0.6 is 0 Å². The zero-order valence-corrected chi connectivity index (χ0v) is 7.30. The van der Waals surface area contributed by atoms with E-state index in [0.717, 1.165) is 6.07 Å². The van der Waals surface area contributed by atoms with Crippen LogP contribution in [0.3, 0.4) is 0 Å². The molecule has 5 heteroatoms. The van der Waals surface area contributed by atoms with Gasteiger partial charge in [-0.25, -0.2) is 4.79 Å². The second-order valence-electron chi connectivity index (χ2n) is 3.31. The highest BCUT2D eigenvalue weighted by Gasteiger charge is 2.28. The molecular formula is C9H9NO4. The first-order chi connectivity index (χ1) is 6.59. The summed E-state index contributed by atoms with van der Waals surface area (Å²) in [7, 11) is 0. The number of carbonyl (C=O) groups is 1. The van der Waals surface area contributed by atoms with E-state index in [0.29, 0.717) is 18.5 Å². The molecule has 1 atom stereocenters. The quantitative estimate of drug-likeness (QED) is 0.667. The Hall–Kier alpha value is -1.78. The summed E-state index contributed by atoms with van der Waals surface area (Å²) < 4.78 is 1.22. The van der Waals surface area contributed by atoms with Crippen LogP contribution in [0.2, 0.25) is 0 Å². The van der Waals surface area contributed by atoms with Crippen LogP contribution in [0.15, 0.2) is 16.9 Å². The molecule has 5 nitrogen and oxygen atoms in total. The van der Waals surface area contributed by atoms with E-state index in [1.807, 2.05) is 0 Å². The van der Waals surface area contributed by atoms with Gasteiger partial charge in [0.25, 0.3) is 5.56 Å². The normalized spacial score (nSPS) is 19.3. The second-order valence-corrected chi connectivity index (χ2v) is 3.31. The lowest BCUT2D eigenvalue weighted by Crippen LogP contribution is -2.26. The van der Waals surface area contributed by atoms with E-state index in [4.69, 9.17) is 10.2 Å². The molecule has 0 fully saturated rings. The maximum absolute atomic E-state index is 11.4. The largest absolute Gasteiger partial charge is 0.508 e. The van der Waals surface area contributed by atoms with Crippen LogP contribution in [-0.4, -0.2) is 20.7 Å². The third-order valence-electron chi connectivity index (χ3n) is 2.40. The molecule has 2 heterocycles. The van der Waals surface area contributed by atoms with Crippen molar-refractivity contribution in [3.05, 3.63) is 28.2 Å². The molecule has 1 aromatic rings. The van der Waals surface area contributed by atoms with E-state index in [-0.39, 0.29) is 5.75 Å². The third-order valence-corrected chi connectivity index (χ3v) is 2.40. The van der Waals surface area contributed by atoms with Gasteiger partial charge in [0.2, 0.25) is 0 Å². The molecule has 0 aliphatic carbocycles. The van der Waals surface area contributed by atoms with Crippen molar-refractivity contribution in [2.24, 2.45) is 0 Å². The zero-order chi connectivity index (χ0) is 10.3. The van der Waals surface area contributed by atoms with Gasteiger partial charge in [0.1, 0.15) is 11.8 Å². The zero-order valence-electron chi connectivity index (χ0n) is 7.30. The number of aromatic nitrogens is 1. The van der Waals surface area contributed by atoms with Crippen LogP contribution < -0.4 is 5.56 Å². The summed E-state index contributed by atoms with van der Waals surface area (Å²) in [6.45, 7) is 0. The molecule has 0 bridgehead atoms. The number of pyridine rings is 1. The van der Waals surface area contributed by atoms with Gasteiger partial charge in [-0.2, -0.15) is 0 Å². The molecule has 0 spiro atoms. The van der Waals surface area contributed by atoms with Crippen LogP contribution in [0.1, 0.15) is 18.2 Å². The van der Waals surface area contributed by atoms with Gasteiger partial charge in [-0.05, 0) is 18.9 Å². The number of aryl methyl sites for hydroxylation is 1. The number of aromatic hydroxyl groups is 1. The average Bonchev–Trinajstić information content (AvgIpc) is 2.47. The number of hydrogen-bond acceptors (Lipinski definition) is 3. The summed E-state index contributed by atoms with van der Waals surface area (Å²) >= 11 is 0. The first kappa shape index (κ1) is 8.80. The first-order valence-corrected chi connectivity index (χ1v) is 4.27. The number of rotatable bonds is 1. The summed E-state index contributed by atoms with van der Waals surface area (Å²) in [6.07, 6.45) is 0.925. The molecule has 0 radical (unpaired) electrons. The minimum Gasteiger partial charge on any atom is -0.508 e. The van der Waals surface area contributed by atoms with E-state index >= 15 is 0 Å². The maximum atomic E-state index is 11.4. The highest BCUT2D eigenvalue weighted by molar-refractivity contribution is 5.72. The van der Waals surface area contributed by atoms with Crippen molar-refractivity contribution in [1.82, 2.24) is 4.57 Å². The van der Waals surface area contributed by atoms with Gasteiger partial charge in [-0.1, -0.05) is 0 Å². The van der Waals surface area contributed by atoms with Crippen LogP contribution in [0.5, 0.6) is 5.75 Å². The molecule has 74 valence electrons. The number of hydrogen-bond donors (Lipinski definition) is 2. The Balaban J connectivity index is 2.60. The van der Waals surface area contributed by atoms with E-state index in [1.165, 1.54) is 10.6 Å². The fourth-order valence-corrected chi connectivity index (χ4v) is 1.81. The second kappa shape index (κ2) is 2.87. The Morgan fingerprint density at radius 1 is 1.50 bits per heavy atom. The van der Waals surface area contributed by atoms with Gasteiger partial charge < -0.3 is 10.2 Å². The summed E-state index contributed by atoms with van der Waals surface area (Å²) in [6, 6.07) is 1.69. The van der Waals surface area contributed by atoms with Crippen molar-refractivity contribution < 1.29 is 15.0 Å². The monoisotopic (exact) mass is 195 g/mol. The lowest BCUT2D eigenvalue weighted by atomic mass is 10.2. The highest BCUT2D eigenvalue weighted by Crippen LogP contribution is 2.25. The molecule has 0 aromatic carbocycles. The molecule has 0 saturated heterocycles. The molecule has 0 unspecified atom stereocenters. The Labute approximate surface area is 79.2 Å². The van der Waals surface area contributed by atoms with Crippen molar-refractivity contribution in [3.63, 3.8) is 0 Å². The molecule has 0 amide bonds. The number of aliphatic carboxylic acids is 1. The summed E-state index contributed by atoms with van der Waals surface area (Å²) in [5.41, 5.74) is 0.132. The lowest BCUT2D eigenvalue weighted by Gasteiger charge is -2.08. The molecule has 0 saturated carbocycles. The van der Waals surface area contributed by atoms with E-state index in [1.54, 1.807) is 0 Å². The topological polar surface area (TPSA) is 79.5 Å². The molecule has 14 heavy (non-hydrogen) atoms. The van der Waals surface area contributed by atoms with E-state index < -0.39 is 17.6 Å². The maximum Gasteiger partial charge on any atom is 0.326 e. The fourth-order valence-electron chi connectivity index (χ4n) is 1.81. The third kappa shape index (κ3) is 1.17.